The number of hydrogen-bond donors (Lipinski definition) is 1. The van der Waals surface area contributed by atoms with Crippen LogP contribution in [-0.4, -0.2) is 30.9 Å². The summed E-state index contributed by atoms with van der Waals surface area (Å²) in [6.07, 6.45) is 0. The molecule has 0 aliphatic rings. The van der Waals surface area contributed by atoms with Crippen LogP contribution in [0.2, 0.25) is 0 Å². The lowest BCUT2D eigenvalue weighted by atomic mass is 10.8. The molecule has 3 heteroatoms. The Bertz CT molecular complexity index is 7.61. The average molecular weight is 72.8 g/mol. The van der Waals surface area contributed by atoms with Gasteiger partial charge in [-0.2, -0.15) is 0 Å². The fourth-order valence-corrected chi connectivity index (χ4v) is 0. The monoisotopic (exact) mass is 73.1 g/mol. The highest BCUT2D eigenvalue weighted by molar-refractivity contribution is 5.76. The summed E-state index contributed by atoms with van der Waals surface area (Å²) < 4.78 is 0. The topological polar surface area (TPSA) is 12.0 Å². The van der Waals surface area contributed by atoms with Crippen molar-refractivity contribution < 1.29 is 0 Å². The van der Waals surface area contributed by atoms with E-state index in [2.05, 4.69) is 5.32 Å². The molecule has 0 rings (SSSR count). The Morgan fingerprint density at radius 3 is 1.00 bits per heavy atom. The van der Waals surface area contributed by atoms with E-state index in [9.17, 15) is 0 Å². The first kappa shape index (κ1) is 19.5. The van der Waals surface area contributed by atoms with Crippen molar-refractivity contribution in [3.05, 3.63) is 0 Å². The molecule has 1 N–H and O–H groups in total. The zero-order chi connectivity index (χ0) is 2.71. The van der Waals surface area contributed by atoms with E-state index in [1.165, 1.54) is 0 Å². The van der Waals surface area contributed by atoms with E-state index < -0.39 is 0 Å². The van der Waals surface area contributed by atoms with E-state index in [0.29, 0.717) is 0 Å². The Morgan fingerprint density at radius 2 is 1.00 bits per heavy atom. The second-order valence-corrected chi connectivity index (χ2v) is 0.500. The van der Waals surface area contributed by atoms with Gasteiger partial charge in [-0.1, -0.05) is 0 Å². The molecule has 0 fully saturated rings. The van der Waals surface area contributed by atoms with Crippen molar-refractivity contribution in [3.63, 3.8) is 0 Å². The van der Waals surface area contributed by atoms with E-state index in [1.54, 1.807) is 0 Å². The van der Waals surface area contributed by atoms with Gasteiger partial charge in [-0.25, -0.2) is 0 Å². The normalized spacial score (nSPS) is 3.60. The third kappa shape index (κ3) is 2210. The van der Waals surface area contributed by atoms with Crippen LogP contribution in [0.15, 0.2) is 0 Å². The quantitative estimate of drug-likeness (QED) is 0.311. The van der Waals surface area contributed by atoms with Crippen molar-refractivity contribution in [2.24, 2.45) is 0 Å². The molecule has 0 atom stereocenters. The second-order valence-electron chi connectivity index (χ2n) is 0.500. The fraction of sp³-hybridized carbons (Fsp3) is 1.00. The Morgan fingerprint density at radius 1 is 1.00 bits per heavy atom. The van der Waals surface area contributed by atoms with Crippen LogP contribution in [0.5, 0.6) is 0 Å². The van der Waals surface area contributed by atoms with Crippen molar-refractivity contribution in [1.82, 2.24) is 5.32 Å². The van der Waals surface area contributed by atoms with Gasteiger partial charge in [-0.3, -0.25) is 0 Å². The fourth-order valence-electron chi connectivity index (χ4n) is 0. The summed E-state index contributed by atoms with van der Waals surface area (Å²) in [5.41, 5.74) is 0. The zero-order valence-electron chi connectivity index (χ0n) is 2.50. The molecule has 0 heterocycles. The number of rotatable bonds is 0. The zero-order valence-corrected chi connectivity index (χ0v) is 2.50. The molecular weight excluding hydrogens is 59.7 g/mol. The van der Waals surface area contributed by atoms with E-state index in [4.69, 9.17) is 0 Å². The molecule has 0 unspecified atom stereocenters. The van der Waals surface area contributed by atoms with Crippen molar-refractivity contribution in [2.75, 3.05) is 14.1 Å². The molecule has 0 saturated carbocycles. The molecule has 0 aliphatic carbocycles. The van der Waals surface area contributed by atoms with Crippen molar-refractivity contribution in [1.29, 1.82) is 0 Å². The van der Waals surface area contributed by atoms with Crippen LogP contribution in [0.1, 0.15) is 0 Å². The van der Waals surface area contributed by atoms with Crippen LogP contribution >= 0.6 is 0 Å². The standard InChI is InChI=1S/C2H7N.2BH3/c1-3-2;;/h3H,1-2H3;2*1H3. The molecule has 0 amide bonds. The van der Waals surface area contributed by atoms with Gasteiger partial charge in [0.05, 0.1) is 16.8 Å². The molecule has 0 aromatic rings. The molecular formula is C2H13B2N. The van der Waals surface area contributed by atoms with Crippen molar-refractivity contribution in [3.8, 4) is 0 Å². The SMILES string of the molecule is B.B.CNC. The molecule has 0 bridgehead atoms. The molecule has 0 saturated heterocycles. The summed E-state index contributed by atoms with van der Waals surface area (Å²) in [4.78, 5) is 0. The van der Waals surface area contributed by atoms with Crippen molar-refractivity contribution >= 4 is 16.8 Å². The molecule has 0 aromatic heterocycles. The lowest BCUT2D eigenvalue weighted by Crippen LogP contribution is -1.89. The summed E-state index contributed by atoms with van der Waals surface area (Å²) in [6, 6.07) is 0. The first-order valence-corrected chi connectivity index (χ1v) is 1.00. The Kier molecular flexibility index (Phi) is 128. The van der Waals surface area contributed by atoms with Crippen LogP contribution in [-0.2, 0) is 0 Å². The maximum atomic E-state index is 2.75. The van der Waals surface area contributed by atoms with Gasteiger partial charge >= 0.3 is 0 Å². The predicted molar refractivity (Wildman–Crippen MR) is 34.9 cm³/mol. The molecule has 5 heavy (non-hydrogen) atoms. The minimum absolute atomic E-state index is 0. The van der Waals surface area contributed by atoms with Gasteiger partial charge in [-0.15, -0.1) is 0 Å². The van der Waals surface area contributed by atoms with Crippen molar-refractivity contribution in [2.45, 2.75) is 0 Å². The third-order valence-corrected chi connectivity index (χ3v) is 0. The largest absolute Gasteiger partial charge is 0.323 e. The van der Waals surface area contributed by atoms with Crippen LogP contribution < -0.4 is 5.32 Å². The van der Waals surface area contributed by atoms with Gasteiger partial charge in [0.25, 0.3) is 0 Å². The maximum Gasteiger partial charge on any atom is 0.0814 e. The van der Waals surface area contributed by atoms with Crippen LogP contribution in [0.25, 0.3) is 0 Å². The van der Waals surface area contributed by atoms with E-state index in [-0.39, 0.29) is 16.8 Å². The van der Waals surface area contributed by atoms with Gasteiger partial charge < -0.3 is 5.32 Å². The van der Waals surface area contributed by atoms with Gasteiger partial charge in [0.15, 0.2) is 0 Å². The lowest BCUT2D eigenvalue weighted by molar-refractivity contribution is 1.02. The smallest absolute Gasteiger partial charge is 0.0814 e. The van der Waals surface area contributed by atoms with Gasteiger partial charge in [0, 0.05) is 0 Å². The highest BCUT2D eigenvalue weighted by Crippen LogP contribution is 0.981. The summed E-state index contributed by atoms with van der Waals surface area (Å²) in [5.74, 6) is 0. The molecule has 1 nitrogen and oxygen atoms in total. The van der Waals surface area contributed by atoms with Crippen LogP contribution in [0, 0.1) is 0 Å². The van der Waals surface area contributed by atoms with Gasteiger partial charge in [0.1, 0.15) is 0 Å². The summed E-state index contributed by atoms with van der Waals surface area (Å²) in [6.45, 7) is 0. The molecule has 0 aliphatic heterocycles. The summed E-state index contributed by atoms with van der Waals surface area (Å²) in [7, 11) is 3.75. The Hall–Kier alpha value is 0.0899. The van der Waals surface area contributed by atoms with E-state index >= 15 is 0 Å². The number of hydrogen-bond acceptors (Lipinski definition) is 1. The van der Waals surface area contributed by atoms with Gasteiger partial charge in [0.2, 0.25) is 0 Å². The first-order chi connectivity index (χ1) is 1.41. The summed E-state index contributed by atoms with van der Waals surface area (Å²) >= 11 is 0. The molecule has 0 aromatic carbocycles. The minimum Gasteiger partial charge on any atom is -0.323 e. The summed E-state index contributed by atoms with van der Waals surface area (Å²) in [5, 5.41) is 2.75. The molecule has 0 spiro atoms. The predicted octanol–water partition coefficient (Wildman–Crippen LogP) is -2.53. The van der Waals surface area contributed by atoms with Crippen LogP contribution in [0.3, 0.4) is 0 Å². The maximum absolute atomic E-state index is 2.75. The van der Waals surface area contributed by atoms with Gasteiger partial charge in [-0.05, 0) is 14.1 Å². The minimum atomic E-state index is 0. The second kappa shape index (κ2) is 32.9. The van der Waals surface area contributed by atoms with E-state index in [1.807, 2.05) is 14.1 Å². The molecule has 32 valence electrons. The van der Waals surface area contributed by atoms with Crippen LogP contribution in [0.4, 0.5) is 0 Å². The first-order valence-electron chi connectivity index (χ1n) is 1.00. The lowest BCUT2D eigenvalue weighted by Gasteiger charge is -1.59. The average Bonchev–Trinajstić information content (AvgIpc) is 0.918. The number of nitrogens with one attached hydrogen (secondary N) is 1. The Labute approximate surface area is 37.3 Å². The van der Waals surface area contributed by atoms with E-state index in [0.717, 1.165) is 0 Å². The third-order valence-electron chi connectivity index (χ3n) is 0. The molecule has 0 radical (unpaired) electrons. The highest BCUT2D eigenvalue weighted by Gasteiger charge is 1.25. The highest BCUT2D eigenvalue weighted by atomic mass is 14.7. The Balaban J connectivity index is -0.0000000200.